The van der Waals surface area contributed by atoms with E-state index < -0.39 is 5.97 Å². The maximum absolute atomic E-state index is 10.9. The number of carboxylic acid groups (broad SMARTS) is 1. The molecule has 0 radical (unpaired) electrons. The largest absolute Gasteiger partial charge is 0.478 e. The zero-order chi connectivity index (χ0) is 11.3. The molecule has 0 spiro atoms. The predicted molar refractivity (Wildman–Crippen MR) is 57.3 cm³/mol. The topological polar surface area (TPSA) is 60.0 Å². The number of aromatic nitrogens is 3. The minimum atomic E-state index is -0.882. The van der Waals surface area contributed by atoms with Crippen molar-refractivity contribution in [3.63, 3.8) is 0 Å². The third-order valence-corrected chi connectivity index (χ3v) is 2.91. The van der Waals surface area contributed by atoms with Crippen LogP contribution in [0.3, 0.4) is 0 Å². The van der Waals surface area contributed by atoms with E-state index in [-0.39, 0.29) is 0 Å². The number of nitrogens with zero attached hydrogens (tertiary/aromatic N) is 3. The highest BCUT2D eigenvalue weighted by Crippen LogP contribution is 2.30. The van der Waals surface area contributed by atoms with Gasteiger partial charge in [0.15, 0.2) is 0 Å². The molecule has 5 nitrogen and oxygen atoms in total. The monoisotopic (exact) mass is 217 g/mol. The van der Waals surface area contributed by atoms with Crippen molar-refractivity contribution in [2.24, 2.45) is 7.05 Å². The smallest absolute Gasteiger partial charge is 0.337 e. The Bertz CT molecular complexity index is 580. The second-order valence-corrected chi connectivity index (χ2v) is 4.03. The van der Waals surface area contributed by atoms with Crippen LogP contribution in [0.2, 0.25) is 0 Å². The van der Waals surface area contributed by atoms with Gasteiger partial charge in [0, 0.05) is 38.0 Å². The van der Waals surface area contributed by atoms with Crippen molar-refractivity contribution in [3.8, 4) is 11.3 Å². The van der Waals surface area contributed by atoms with Gasteiger partial charge in [-0.05, 0) is 6.07 Å². The van der Waals surface area contributed by atoms with Crippen molar-refractivity contribution in [1.82, 2.24) is 14.3 Å². The van der Waals surface area contributed by atoms with E-state index in [0.717, 1.165) is 29.9 Å². The Morgan fingerprint density at radius 3 is 3.06 bits per heavy atom. The van der Waals surface area contributed by atoms with Crippen molar-refractivity contribution >= 4 is 5.97 Å². The molecule has 16 heavy (non-hydrogen) atoms. The maximum Gasteiger partial charge on any atom is 0.337 e. The second kappa shape index (κ2) is 2.98. The van der Waals surface area contributed by atoms with Crippen LogP contribution in [0.15, 0.2) is 18.5 Å². The normalized spacial score (nSPS) is 13.3. The minimum Gasteiger partial charge on any atom is -0.478 e. The molecule has 0 fully saturated rings. The summed E-state index contributed by atoms with van der Waals surface area (Å²) in [4.78, 5) is 10.9. The molecule has 1 N–H and O–H groups in total. The van der Waals surface area contributed by atoms with E-state index in [2.05, 4.69) is 5.10 Å². The highest BCUT2D eigenvalue weighted by molar-refractivity contribution is 5.89. The average molecular weight is 217 g/mol. The van der Waals surface area contributed by atoms with Crippen molar-refractivity contribution in [3.05, 3.63) is 29.7 Å². The number of hydrogen-bond acceptors (Lipinski definition) is 2. The third kappa shape index (κ3) is 1.18. The molecule has 2 aromatic heterocycles. The Hall–Kier alpha value is -2.04. The van der Waals surface area contributed by atoms with Gasteiger partial charge in [0.1, 0.15) is 0 Å². The van der Waals surface area contributed by atoms with Gasteiger partial charge in [-0.2, -0.15) is 5.10 Å². The summed E-state index contributed by atoms with van der Waals surface area (Å²) in [5.74, 6) is -0.882. The average Bonchev–Trinajstić information content (AvgIpc) is 2.77. The quantitative estimate of drug-likeness (QED) is 0.779. The standard InChI is InChI=1S/C11H11N3O2/c1-13-6-8-9(12-13)2-3-14-5-7(11(15)16)4-10(8)14/h4-6H,2-3H2,1H3,(H,15,16). The number of hydrogen-bond donors (Lipinski definition) is 1. The summed E-state index contributed by atoms with van der Waals surface area (Å²) < 4.78 is 3.75. The zero-order valence-corrected chi connectivity index (χ0v) is 8.84. The minimum absolute atomic E-state index is 0.340. The first-order chi connectivity index (χ1) is 7.65. The van der Waals surface area contributed by atoms with E-state index in [1.807, 2.05) is 17.8 Å². The van der Waals surface area contributed by atoms with Gasteiger partial charge in [0.05, 0.1) is 17.0 Å². The number of aromatic carboxylic acids is 1. The van der Waals surface area contributed by atoms with E-state index in [9.17, 15) is 4.79 Å². The first-order valence-corrected chi connectivity index (χ1v) is 5.11. The molecule has 1 aliphatic rings. The molecule has 0 saturated carbocycles. The van der Waals surface area contributed by atoms with E-state index in [1.54, 1.807) is 16.9 Å². The van der Waals surface area contributed by atoms with Gasteiger partial charge < -0.3 is 9.67 Å². The fourth-order valence-corrected chi connectivity index (χ4v) is 2.20. The number of carbonyl (C=O) groups is 1. The summed E-state index contributed by atoms with van der Waals surface area (Å²) in [7, 11) is 1.88. The number of rotatable bonds is 1. The molecule has 0 saturated heterocycles. The van der Waals surface area contributed by atoms with E-state index in [0.29, 0.717) is 5.56 Å². The molecule has 5 heteroatoms. The molecular formula is C11H11N3O2. The third-order valence-electron chi connectivity index (χ3n) is 2.91. The Morgan fingerprint density at radius 2 is 2.31 bits per heavy atom. The lowest BCUT2D eigenvalue weighted by Crippen LogP contribution is -2.08. The lowest BCUT2D eigenvalue weighted by atomic mass is 10.1. The lowest BCUT2D eigenvalue weighted by molar-refractivity contribution is 0.0697. The Kier molecular flexibility index (Phi) is 1.71. The molecule has 3 rings (SSSR count). The summed E-state index contributed by atoms with van der Waals surface area (Å²) in [6, 6.07) is 1.71. The van der Waals surface area contributed by atoms with Crippen LogP contribution in [-0.2, 0) is 20.0 Å². The predicted octanol–water partition coefficient (Wildman–Crippen LogP) is 1.14. The molecular weight excluding hydrogens is 206 g/mol. The van der Waals surface area contributed by atoms with Crippen LogP contribution in [0.5, 0.6) is 0 Å². The molecule has 0 aromatic carbocycles. The Morgan fingerprint density at radius 1 is 1.50 bits per heavy atom. The van der Waals surface area contributed by atoms with Crippen LogP contribution < -0.4 is 0 Å². The van der Waals surface area contributed by atoms with Crippen LogP contribution in [0.1, 0.15) is 16.1 Å². The Labute approximate surface area is 91.9 Å². The van der Waals surface area contributed by atoms with Crippen LogP contribution in [0, 0.1) is 0 Å². The van der Waals surface area contributed by atoms with Crippen LogP contribution in [0.25, 0.3) is 11.3 Å². The molecule has 1 aliphatic heterocycles. The fraction of sp³-hybridized carbons (Fsp3) is 0.273. The first kappa shape index (κ1) is 9.21. The molecule has 0 aliphatic carbocycles. The van der Waals surface area contributed by atoms with Crippen molar-refractivity contribution in [2.75, 3.05) is 0 Å². The summed E-state index contributed by atoms with van der Waals surface area (Å²) in [5.41, 5.74) is 3.38. The van der Waals surface area contributed by atoms with Crippen LogP contribution in [0.4, 0.5) is 0 Å². The van der Waals surface area contributed by atoms with Crippen molar-refractivity contribution < 1.29 is 9.90 Å². The molecule has 0 atom stereocenters. The summed E-state index contributed by atoms with van der Waals surface area (Å²) in [6.45, 7) is 0.798. The van der Waals surface area contributed by atoms with E-state index in [4.69, 9.17) is 5.11 Å². The van der Waals surface area contributed by atoms with Gasteiger partial charge in [0.25, 0.3) is 0 Å². The SMILES string of the molecule is Cn1cc2c(n1)CCn1cc(C(=O)O)cc1-2. The summed E-state index contributed by atoms with van der Waals surface area (Å²) in [6.07, 6.45) is 4.48. The highest BCUT2D eigenvalue weighted by Gasteiger charge is 2.21. The molecule has 0 unspecified atom stereocenters. The van der Waals surface area contributed by atoms with E-state index in [1.165, 1.54) is 0 Å². The van der Waals surface area contributed by atoms with Gasteiger partial charge >= 0.3 is 5.97 Å². The van der Waals surface area contributed by atoms with Gasteiger partial charge in [-0.1, -0.05) is 0 Å². The molecule has 0 bridgehead atoms. The fourth-order valence-electron chi connectivity index (χ4n) is 2.20. The summed E-state index contributed by atoms with van der Waals surface area (Å²) >= 11 is 0. The molecule has 2 aromatic rings. The molecule has 0 amide bonds. The van der Waals surface area contributed by atoms with Crippen molar-refractivity contribution in [1.29, 1.82) is 0 Å². The first-order valence-electron chi connectivity index (χ1n) is 5.11. The molecule has 82 valence electrons. The number of carboxylic acids is 1. The molecule has 3 heterocycles. The van der Waals surface area contributed by atoms with Gasteiger partial charge in [-0.25, -0.2) is 4.79 Å². The van der Waals surface area contributed by atoms with E-state index >= 15 is 0 Å². The zero-order valence-electron chi connectivity index (χ0n) is 8.84. The lowest BCUT2D eigenvalue weighted by Gasteiger charge is -2.13. The van der Waals surface area contributed by atoms with Gasteiger partial charge in [-0.3, -0.25) is 4.68 Å². The summed E-state index contributed by atoms with van der Waals surface area (Å²) in [5, 5.41) is 13.3. The Balaban J connectivity index is 2.19. The van der Waals surface area contributed by atoms with Gasteiger partial charge in [-0.15, -0.1) is 0 Å². The number of fused-ring (bicyclic) bond motifs is 3. The maximum atomic E-state index is 10.9. The highest BCUT2D eigenvalue weighted by atomic mass is 16.4. The van der Waals surface area contributed by atoms with Gasteiger partial charge in [0.2, 0.25) is 0 Å². The second-order valence-electron chi connectivity index (χ2n) is 4.03. The van der Waals surface area contributed by atoms with Crippen LogP contribution in [-0.4, -0.2) is 25.4 Å². The number of aryl methyl sites for hydroxylation is 3. The van der Waals surface area contributed by atoms with Crippen molar-refractivity contribution in [2.45, 2.75) is 13.0 Å². The van der Waals surface area contributed by atoms with Crippen LogP contribution >= 0.6 is 0 Å².